The average molecular weight is 359 g/mol. The molecule has 2 saturated heterocycles. The summed E-state index contributed by atoms with van der Waals surface area (Å²) in [5.74, 6) is 0.444. The Morgan fingerprint density at radius 1 is 1.19 bits per heavy atom. The number of nitrogens with zero attached hydrogens (tertiary/aromatic N) is 5. The maximum Gasteiger partial charge on any atom is 0.293 e. The molecule has 26 heavy (non-hydrogen) atoms. The number of carbonyl (C=O) groups is 2. The molecule has 0 spiro atoms. The second-order valence-electron chi connectivity index (χ2n) is 6.68. The smallest absolute Gasteiger partial charge is 0.293 e. The largest absolute Gasteiger partial charge is 0.459 e. The highest BCUT2D eigenvalue weighted by atomic mass is 16.5. The number of furan rings is 1. The van der Waals surface area contributed by atoms with Gasteiger partial charge in [0.05, 0.1) is 19.0 Å². The maximum atomic E-state index is 12.6. The Bertz CT molecular complexity index is 787. The van der Waals surface area contributed by atoms with E-state index in [9.17, 15) is 9.59 Å². The topological polar surface area (TPSA) is 93.7 Å². The molecule has 2 amide bonds. The molecule has 2 aliphatic heterocycles. The van der Waals surface area contributed by atoms with Gasteiger partial charge in [0.2, 0.25) is 5.82 Å². The van der Waals surface area contributed by atoms with Crippen LogP contribution in [0.3, 0.4) is 0 Å². The van der Waals surface area contributed by atoms with Crippen molar-refractivity contribution in [1.29, 1.82) is 0 Å². The lowest BCUT2D eigenvalue weighted by Gasteiger charge is -2.37. The van der Waals surface area contributed by atoms with Gasteiger partial charge in [0.25, 0.3) is 11.8 Å². The van der Waals surface area contributed by atoms with Gasteiger partial charge in [0.1, 0.15) is 6.33 Å². The first-order valence-corrected chi connectivity index (χ1v) is 8.71. The molecule has 2 aromatic rings. The van der Waals surface area contributed by atoms with Gasteiger partial charge >= 0.3 is 0 Å². The average Bonchev–Trinajstić information content (AvgIpc) is 3.28. The van der Waals surface area contributed by atoms with Gasteiger partial charge in [-0.15, -0.1) is 5.10 Å². The van der Waals surface area contributed by atoms with Gasteiger partial charge in [0, 0.05) is 39.1 Å². The molecule has 2 atom stereocenters. The number of amides is 2. The number of aromatic nitrogens is 3. The Hall–Kier alpha value is -2.68. The lowest BCUT2D eigenvalue weighted by Crippen LogP contribution is -2.49. The van der Waals surface area contributed by atoms with E-state index in [4.69, 9.17) is 9.15 Å². The van der Waals surface area contributed by atoms with Crippen molar-refractivity contribution >= 4 is 11.8 Å². The number of likely N-dealkylation sites (tertiary alicyclic amines) is 1. The molecule has 4 heterocycles. The van der Waals surface area contributed by atoms with Crippen molar-refractivity contribution in [3.8, 4) is 0 Å². The van der Waals surface area contributed by atoms with Crippen LogP contribution in [0.1, 0.15) is 27.6 Å². The Kier molecular flexibility index (Phi) is 4.46. The second kappa shape index (κ2) is 6.91. The van der Waals surface area contributed by atoms with E-state index in [2.05, 4.69) is 10.1 Å². The fraction of sp³-hybridized carbons (Fsp3) is 0.529. The zero-order valence-corrected chi connectivity index (χ0v) is 14.6. The van der Waals surface area contributed by atoms with Crippen LogP contribution < -0.4 is 0 Å². The molecule has 0 radical (unpaired) electrons. The number of ether oxygens (including phenoxy) is 1. The van der Waals surface area contributed by atoms with Gasteiger partial charge in [-0.3, -0.25) is 14.3 Å². The highest BCUT2D eigenvalue weighted by Gasteiger charge is 2.37. The predicted molar refractivity (Wildman–Crippen MR) is 89.4 cm³/mol. The number of fused-ring (bicyclic) bond motifs is 1. The summed E-state index contributed by atoms with van der Waals surface area (Å²) in [4.78, 5) is 32.6. The lowest BCUT2D eigenvalue weighted by molar-refractivity contribution is -0.0174. The summed E-state index contributed by atoms with van der Waals surface area (Å²) in [6.07, 6.45) is 3.69. The van der Waals surface area contributed by atoms with Crippen molar-refractivity contribution in [2.75, 3.05) is 32.8 Å². The van der Waals surface area contributed by atoms with E-state index >= 15 is 0 Å². The summed E-state index contributed by atoms with van der Waals surface area (Å²) >= 11 is 0. The standard InChI is InChI=1S/C17H21N5O4/c1-20-11-18-15(19-20)17(24)21-5-4-12-9-22(6-8-26-14(12)10-21)16(23)13-3-2-7-25-13/h2-3,7,11-12,14H,4-6,8-10H2,1H3. The van der Waals surface area contributed by atoms with Crippen LogP contribution in [0.5, 0.6) is 0 Å². The fourth-order valence-electron chi connectivity index (χ4n) is 3.56. The van der Waals surface area contributed by atoms with Gasteiger partial charge in [-0.1, -0.05) is 0 Å². The van der Waals surface area contributed by atoms with Crippen LogP contribution in [0.2, 0.25) is 0 Å². The lowest BCUT2D eigenvalue weighted by atomic mass is 9.93. The third-order valence-corrected chi connectivity index (χ3v) is 4.94. The van der Waals surface area contributed by atoms with Crippen molar-refractivity contribution in [3.63, 3.8) is 0 Å². The molecule has 9 heteroatoms. The van der Waals surface area contributed by atoms with E-state index in [1.807, 2.05) is 0 Å². The molecule has 2 aromatic heterocycles. The van der Waals surface area contributed by atoms with Gasteiger partial charge in [-0.25, -0.2) is 4.98 Å². The van der Waals surface area contributed by atoms with Gasteiger partial charge in [0.15, 0.2) is 5.76 Å². The van der Waals surface area contributed by atoms with E-state index in [0.717, 1.165) is 6.42 Å². The Morgan fingerprint density at radius 3 is 2.77 bits per heavy atom. The third-order valence-electron chi connectivity index (χ3n) is 4.94. The number of aryl methyl sites for hydroxylation is 1. The van der Waals surface area contributed by atoms with E-state index in [-0.39, 0.29) is 29.7 Å². The molecular weight excluding hydrogens is 338 g/mol. The molecule has 0 aliphatic carbocycles. The summed E-state index contributed by atoms with van der Waals surface area (Å²) in [5, 5.41) is 4.08. The minimum atomic E-state index is -0.180. The van der Waals surface area contributed by atoms with Crippen LogP contribution in [-0.2, 0) is 11.8 Å². The van der Waals surface area contributed by atoms with Crippen molar-refractivity contribution in [2.45, 2.75) is 12.5 Å². The van der Waals surface area contributed by atoms with Crippen LogP contribution in [0.4, 0.5) is 0 Å². The summed E-state index contributed by atoms with van der Waals surface area (Å²) in [5.41, 5.74) is 0. The number of hydrogen-bond donors (Lipinski definition) is 0. The van der Waals surface area contributed by atoms with E-state index < -0.39 is 0 Å². The minimum Gasteiger partial charge on any atom is -0.459 e. The monoisotopic (exact) mass is 359 g/mol. The Balaban J connectivity index is 1.42. The molecule has 138 valence electrons. The van der Waals surface area contributed by atoms with Crippen LogP contribution in [-0.4, -0.2) is 75.3 Å². The first-order valence-electron chi connectivity index (χ1n) is 8.71. The molecular formula is C17H21N5O4. The van der Waals surface area contributed by atoms with Crippen molar-refractivity contribution in [3.05, 3.63) is 36.3 Å². The molecule has 2 unspecified atom stereocenters. The first-order chi connectivity index (χ1) is 12.6. The number of piperidine rings is 1. The Morgan fingerprint density at radius 2 is 2.04 bits per heavy atom. The van der Waals surface area contributed by atoms with Crippen LogP contribution in [0.25, 0.3) is 0 Å². The zero-order chi connectivity index (χ0) is 18.1. The normalized spacial score (nSPS) is 23.4. The van der Waals surface area contributed by atoms with Crippen LogP contribution >= 0.6 is 0 Å². The molecule has 2 aliphatic rings. The first kappa shape index (κ1) is 16.8. The number of carbonyl (C=O) groups excluding carboxylic acids is 2. The highest BCUT2D eigenvalue weighted by molar-refractivity contribution is 5.91. The summed E-state index contributed by atoms with van der Waals surface area (Å²) in [6.45, 7) is 2.66. The van der Waals surface area contributed by atoms with Crippen LogP contribution in [0.15, 0.2) is 29.1 Å². The van der Waals surface area contributed by atoms with Crippen molar-refractivity contribution in [1.82, 2.24) is 24.6 Å². The summed E-state index contributed by atoms with van der Waals surface area (Å²) in [6, 6.07) is 3.38. The molecule has 0 saturated carbocycles. The third kappa shape index (κ3) is 3.22. The minimum absolute atomic E-state index is 0.0918. The number of hydrogen-bond acceptors (Lipinski definition) is 6. The molecule has 9 nitrogen and oxygen atoms in total. The van der Waals surface area contributed by atoms with E-state index in [1.54, 1.807) is 29.0 Å². The molecule has 2 fully saturated rings. The van der Waals surface area contributed by atoms with Gasteiger partial charge < -0.3 is 19.0 Å². The maximum absolute atomic E-state index is 12.6. The van der Waals surface area contributed by atoms with Crippen molar-refractivity contribution in [2.24, 2.45) is 13.0 Å². The quantitative estimate of drug-likeness (QED) is 0.771. The second-order valence-corrected chi connectivity index (χ2v) is 6.68. The van der Waals surface area contributed by atoms with Gasteiger partial charge in [-0.2, -0.15) is 0 Å². The van der Waals surface area contributed by atoms with E-state index in [1.165, 1.54) is 17.3 Å². The fourth-order valence-corrected chi connectivity index (χ4v) is 3.56. The Labute approximate surface area is 150 Å². The van der Waals surface area contributed by atoms with Crippen molar-refractivity contribution < 1.29 is 18.7 Å². The van der Waals surface area contributed by atoms with Gasteiger partial charge in [-0.05, 0) is 18.6 Å². The van der Waals surface area contributed by atoms with E-state index in [0.29, 0.717) is 38.5 Å². The summed E-state index contributed by atoms with van der Waals surface area (Å²) < 4.78 is 12.7. The SMILES string of the molecule is Cn1cnc(C(=O)N2CCC3CN(C(=O)c4ccco4)CCOC3C2)n1. The molecule has 0 aromatic carbocycles. The molecule has 0 N–H and O–H groups in total. The summed E-state index contributed by atoms with van der Waals surface area (Å²) in [7, 11) is 1.73. The predicted octanol–water partition coefficient (Wildman–Crippen LogP) is 0.411. The highest BCUT2D eigenvalue weighted by Crippen LogP contribution is 2.25. The molecule has 4 rings (SSSR count). The number of rotatable bonds is 2. The molecule has 0 bridgehead atoms. The van der Waals surface area contributed by atoms with Crippen LogP contribution in [0, 0.1) is 5.92 Å². The zero-order valence-electron chi connectivity index (χ0n) is 14.6.